The molecular formula is C20H15BrN4O2. The Kier molecular flexibility index (Phi) is 5.38. The van der Waals surface area contributed by atoms with Gasteiger partial charge < -0.3 is 15.6 Å². The van der Waals surface area contributed by atoms with E-state index in [0.29, 0.717) is 11.3 Å². The summed E-state index contributed by atoms with van der Waals surface area (Å²) >= 11 is 3.33. The fourth-order valence-electron chi connectivity index (χ4n) is 2.72. The average molecular weight is 423 g/mol. The second-order valence-corrected chi connectivity index (χ2v) is 6.74. The SMILES string of the molecule is N#C/C(=C/c1cn(CC(N)=O)c2ccccc12)C(=O)Nc1ccc(Br)cc1. The van der Waals surface area contributed by atoms with Crippen LogP contribution in [0, 0.1) is 11.3 Å². The molecule has 0 aliphatic heterocycles. The van der Waals surface area contributed by atoms with Crippen LogP contribution in [0.5, 0.6) is 0 Å². The maximum atomic E-state index is 12.5. The molecule has 0 radical (unpaired) electrons. The number of halogens is 1. The van der Waals surface area contributed by atoms with Crippen LogP contribution in [-0.2, 0) is 16.1 Å². The Balaban J connectivity index is 1.95. The van der Waals surface area contributed by atoms with Gasteiger partial charge in [-0.25, -0.2) is 0 Å². The number of rotatable bonds is 5. The number of anilines is 1. The van der Waals surface area contributed by atoms with Crippen LogP contribution in [0.2, 0.25) is 0 Å². The van der Waals surface area contributed by atoms with Gasteiger partial charge in [0.25, 0.3) is 5.91 Å². The number of para-hydroxylation sites is 1. The van der Waals surface area contributed by atoms with Crippen LogP contribution < -0.4 is 11.1 Å². The molecular weight excluding hydrogens is 408 g/mol. The van der Waals surface area contributed by atoms with Crippen molar-refractivity contribution in [1.29, 1.82) is 5.26 Å². The number of nitriles is 1. The number of aromatic nitrogens is 1. The van der Waals surface area contributed by atoms with Crippen molar-refractivity contribution in [2.75, 3.05) is 5.32 Å². The highest BCUT2D eigenvalue weighted by atomic mass is 79.9. The number of benzene rings is 2. The zero-order valence-corrected chi connectivity index (χ0v) is 15.7. The first-order chi connectivity index (χ1) is 13.0. The molecule has 0 aliphatic rings. The standard InChI is InChI=1S/C20H15BrN4O2/c21-15-5-7-16(8-6-15)24-20(27)13(10-22)9-14-11-25(12-19(23)26)18-4-2-1-3-17(14)18/h1-9,11H,12H2,(H2,23,26)(H,24,27)/b13-9-. The molecule has 3 N–H and O–H groups in total. The normalized spacial score (nSPS) is 11.2. The molecule has 3 aromatic rings. The van der Waals surface area contributed by atoms with Crippen LogP contribution in [0.3, 0.4) is 0 Å². The van der Waals surface area contributed by atoms with Crippen molar-refractivity contribution < 1.29 is 9.59 Å². The Hall–Kier alpha value is -3.37. The highest BCUT2D eigenvalue weighted by Crippen LogP contribution is 2.24. The third-order valence-corrected chi connectivity index (χ3v) is 4.44. The van der Waals surface area contributed by atoms with E-state index in [9.17, 15) is 14.9 Å². The van der Waals surface area contributed by atoms with Crippen LogP contribution >= 0.6 is 15.9 Å². The van der Waals surface area contributed by atoms with Gasteiger partial charge in [-0.2, -0.15) is 5.26 Å². The molecule has 0 saturated heterocycles. The van der Waals surface area contributed by atoms with E-state index < -0.39 is 11.8 Å². The van der Waals surface area contributed by atoms with Gasteiger partial charge in [-0.3, -0.25) is 9.59 Å². The van der Waals surface area contributed by atoms with E-state index >= 15 is 0 Å². The molecule has 0 atom stereocenters. The van der Waals surface area contributed by atoms with Crippen molar-refractivity contribution in [3.05, 3.63) is 70.3 Å². The lowest BCUT2D eigenvalue weighted by molar-refractivity contribution is -0.118. The number of carbonyl (C=O) groups excluding carboxylic acids is 2. The van der Waals surface area contributed by atoms with Crippen LogP contribution in [0.15, 0.2) is 64.8 Å². The second-order valence-electron chi connectivity index (χ2n) is 5.83. The van der Waals surface area contributed by atoms with Crippen molar-refractivity contribution in [1.82, 2.24) is 4.57 Å². The summed E-state index contributed by atoms with van der Waals surface area (Å²) < 4.78 is 2.59. The second kappa shape index (κ2) is 7.89. The molecule has 2 amide bonds. The molecule has 0 bridgehead atoms. The van der Waals surface area contributed by atoms with Gasteiger partial charge in [0.1, 0.15) is 18.2 Å². The van der Waals surface area contributed by atoms with Gasteiger partial charge >= 0.3 is 0 Å². The quantitative estimate of drug-likeness (QED) is 0.486. The van der Waals surface area contributed by atoms with E-state index in [1.54, 1.807) is 35.0 Å². The average Bonchev–Trinajstić information content (AvgIpc) is 2.98. The van der Waals surface area contributed by atoms with Crippen LogP contribution in [0.25, 0.3) is 17.0 Å². The number of hydrogen-bond acceptors (Lipinski definition) is 3. The number of amides is 2. The summed E-state index contributed by atoms with van der Waals surface area (Å²) in [5.41, 5.74) is 7.30. The molecule has 0 fully saturated rings. The molecule has 7 heteroatoms. The Bertz CT molecular complexity index is 1090. The van der Waals surface area contributed by atoms with Gasteiger partial charge in [-0.1, -0.05) is 34.1 Å². The number of nitrogens with zero attached hydrogens (tertiary/aromatic N) is 2. The van der Waals surface area contributed by atoms with Gasteiger partial charge in [0.2, 0.25) is 5.91 Å². The largest absolute Gasteiger partial charge is 0.368 e. The minimum Gasteiger partial charge on any atom is -0.368 e. The van der Waals surface area contributed by atoms with Gasteiger partial charge in [-0.05, 0) is 36.4 Å². The lowest BCUT2D eigenvalue weighted by Crippen LogP contribution is -2.17. The molecule has 1 heterocycles. The third-order valence-electron chi connectivity index (χ3n) is 3.91. The van der Waals surface area contributed by atoms with Crippen molar-refractivity contribution in [2.45, 2.75) is 6.54 Å². The van der Waals surface area contributed by atoms with Gasteiger partial charge in [-0.15, -0.1) is 0 Å². The predicted molar refractivity (Wildman–Crippen MR) is 107 cm³/mol. The predicted octanol–water partition coefficient (Wildman–Crippen LogP) is 3.43. The summed E-state index contributed by atoms with van der Waals surface area (Å²) in [7, 11) is 0. The fourth-order valence-corrected chi connectivity index (χ4v) is 2.99. The zero-order chi connectivity index (χ0) is 19.4. The lowest BCUT2D eigenvalue weighted by atomic mass is 10.1. The highest BCUT2D eigenvalue weighted by molar-refractivity contribution is 9.10. The monoisotopic (exact) mass is 422 g/mol. The number of carbonyl (C=O) groups is 2. The van der Waals surface area contributed by atoms with Crippen LogP contribution in [-0.4, -0.2) is 16.4 Å². The maximum Gasteiger partial charge on any atom is 0.266 e. The summed E-state index contributed by atoms with van der Waals surface area (Å²) in [5.74, 6) is -0.980. The van der Waals surface area contributed by atoms with Gasteiger partial charge in [0.05, 0.1) is 0 Å². The van der Waals surface area contributed by atoms with E-state index in [1.165, 1.54) is 6.08 Å². The van der Waals surface area contributed by atoms with E-state index in [4.69, 9.17) is 5.73 Å². The number of nitrogens with one attached hydrogen (secondary N) is 1. The first kappa shape index (κ1) is 18.4. The molecule has 27 heavy (non-hydrogen) atoms. The number of nitrogens with two attached hydrogens (primary N) is 1. The molecule has 3 rings (SSSR count). The summed E-state index contributed by atoms with van der Waals surface area (Å²) in [6.07, 6.45) is 3.22. The van der Waals surface area contributed by atoms with Gasteiger partial charge in [0, 0.05) is 32.8 Å². The smallest absolute Gasteiger partial charge is 0.266 e. The van der Waals surface area contributed by atoms with Crippen LogP contribution in [0.1, 0.15) is 5.56 Å². The molecule has 0 aliphatic carbocycles. The zero-order valence-electron chi connectivity index (χ0n) is 14.1. The topological polar surface area (TPSA) is 101 Å². The Morgan fingerprint density at radius 3 is 2.56 bits per heavy atom. The summed E-state index contributed by atoms with van der Waals surface area (Å²) in [6, 6.07) is 16.4. The van der Waals surface area contributed by atoms with E-state index in [1.807, 2.05) is 30.3 Å². The molecule has 1 aromatic heterocycles. The van der Waals surface area contributed by atoms with Crippen LogP contribution in [0.4, 0.5) is 5.69 Å². The minimum atomic E-state index is -0.508. The van der Waals surface area contributed by atoms with Crippen molar-refractivity contribution in [2.24, 2.45) is 5.73 Å². The summed E-state index contributed by atoms with van der Waals surface area (Å²) in [4.78, 5) is 23.8. The Morgan fingerprint density at radius 1 is 1.19 bits per heavy atom. The molecule has 2 aromatic carbocycles. The van der Waals surface area contributed by atoms with Crippen molar-refractivity contribution >= 4 is 50.4 Å². The minimum absolute atomic E-state index is 0.0152. The van der Waals surface area contributed by atoms with Gasteiger partial charge in [0.15, 0.2) is 0 Å². The summed E-state index contributed by atoms with van der Waals surface area (Å²) in [5, 5.41) is 13.0. The molecule has 0 saturated carbocycles. The lowest BCUT2D eigenvalue weighted by Gasteiger charge is -2.04. The van der Waals surface area contributed by atoms with Crippen molar-refractivity contribution in [3.63, 3.8) is 0 Å². The summed E-state index contributed by atoms with van der Waals surface area (Å²) in [6.45, 7) is 0.0152. The molecule has 0 spiro atoms. The highest BCUT2D eigenvalue weighted by Gasteiger charge is 2.13. The number of fused-ring (bicyclic) bond motifs is 1. The fraction of sp³-hybridized carbons (Fsp3) is 0.0500. The number of hydrogen-bond donors (Lipinski definition) is 2. The number of primary amides is 1. The Labute approximate surface area is 164 Å². The first-order valence-corrected chi connectivity index (χ1v) is 8.82. The van der Waals surface area contributed by atoms with E-state index in [0.717, 1.165) is 15.4 Å². The molecule has 134 valence electrons. The van der Waals surface area contributed by atoms with E-state index in [2.05, 4.69) is 21.2 Å². The first-order valence-electron chi connectivity index (χ1n) is 8.03. The van der Waals surface area contributed by atoms with Crippen molar-refractivity contribution in [3.8, 4) is 6.07 Å². The molecule has 0 unspecified atom stereocenters. The molecule has 6 nitrogen and oxygen atoms in total. The maximum absolute atomic E-state index is 12.5. The van der Waals surface area contributed by atoms with E-state index in [-0.39, 0.29) is 12.1 Å². The third kappa shape index (κ3) is 4.25. The Morgan fingerprint density at radius 2 is 1.89 bits per heavy atom.